The number of thiophene rings is 1. The summed E-state index contributed by atoms with van der Waals surface area (Å²) in [7, 11) is -3.35. The third-order valence-corrected chi connectivity index (χ3v) is 7.18. The highest BCUT2D eigenvalue weighted by atomic mass is 35.5. The summed E-state index contributed by atoms with van der Waals surface area (Å²) in [5.41, 5.74) is 0. The molecule has 18 heavy (non-hydrogen) atoms. The number of hydrogen-bond acceptors (Lipinski definition) is 3. The van der Waals surface area contributed by atoms with Crippen LogP contribution in [0.1, 0.15) is 31.6 Å². The minimum atomic E-state index is -3.35. The lowest BCUT2D eigenvalue weighted by Crippen LogP contribution is -2.45. The molecule has 0 aromatic carbocycles. The number of hydrogen-bond donors (Lipinski definition) is 0. The molecule has 1 aromatic rings. The lowest BCUT2D eigenvalue weighted by Gasteiger charge is -2.36. The predicted octanol–water partition coefficient (Wildman–Crippen LogP) is 3.30. The van der Waals surface area contributed by atoms with Crippen LogP contribution in [0.2, 0.25) is 0 Å². The van der Waals surface area contributed by atoms with Gasteiger partial charge < -0.3 is 0 Å². The standard InChI is InChI=1S/C12H18ClNO2S2/c1-9-4-3-5-14(10(9)2)18(15,16)12-6-11(7-13)17-8-12/h6,8-10H,3-5,7H2,1-2H3. The first kappa shape index (κ1) is 14.3. The van der Waals surface area contributed by atoms with Crippen LogP contribution < -0.4 is 0 Å². The van der Waals surface area contributed by atoms with E-state index in [1.54, 1.807) is 15.8 Å². The molecule has 0 spiro atoms. The summed E-state index contributed by atoms with van der Waals surface area (Å²) in [6, 6.07) is 1.77. The van der Waals surface area contributed by atoms with Gasteiger partial charge in [0.2, 0.25) is 10.0 Å². The van der Waals surface area contributed by atoms with E-state index in [1.807, 2.05) is 6.92 Å². The molecule has 2 heterocycles. The average molecular weight is 308 g/mol. The van der Waals surface area contributed by atoms with Gasteiger partial charge in [-0.25, -0.2) is 8.42 Å². The highest BCUT2D eigenvalue weighted by Gasteiger charge is 2.34. The normalized spacial score (nSPS) is 26.4. The van der Waals surface area contributed by atoms with Crippen molar-refractivity contribution in [2.24, 2.45) is 5.92 Å². The summed E-state index contributed by atoms with van der Waals surface area (Å²) >= 11 is 7.13. The van der Waals surface area contributed by atoms with Gasteiger partial charge in [0.1, 0.15) is 0 Å². The highest BCUT2D eigenvalue weighted by Crippen LogP contribution is 2.30. The Morgan fingerprint density at radius 2 is 2.22 bits per heavy atom. The van der Waals surface area contributed by atoms with Crippen LogP contribution in [0, 0.1) is 5.92 Å². The summed E-state index contributed by atoms with van der Waals surface area (Å²) in [4.78, 5) is 1.29. The topological polar surface area (TPSA) is 37.4 Å². The molecule has 2 atom stereocenters. The molecular formula is C12H18ClNO2S2. The van der Waals surface area contributed by atoms with Gasteiger partial charge in [0.25, 0.3) is 0 Å². The summed E-state index contributed by atoms with van der Waals surface area (Å²) in [5.74, 6) is 0.784. The van der Waals surface area contributed by atoms with Gasteiger partial charge >= 0.3 is 0 Å². The Balaban J connectivity index is 2.30. The van der Waals surface area contributed by atoms with Gasteiger partial charge in [0, 0.05) is 22.8 Å². The molecule has 0 radical (unpaired) electrons. The van der Waals surface area contributed by atoms with Crippen molar-refractivity contribution in [2.45, 2.75) is 43.5 Å². The van der Waals surface area contributed by atoms with Crippen LogP contribution in [0.3, 0.4) is 0 Å². The van der Waals surface area contributed by atoms with Gasteiger partial charge in [0.05, 0.1) is 10.8 Å². The lowest BCUT2D eigenvalue weighted by atomic mass is 9.94. The maximum Gasteiger partial charge on any atom is 0.244 e. The molecule has 1 saturated heterocycles. The lowest BCUT2D eigenvalue weighted by molar-refractivity contribution is 0.202. The molecule has 0 aliphatic carbocycles. The van der Waals surface area contributed by atoms with E-state index in [9.17, 15) is 8.42 Å². The van der Waals surface area contributed by atoms with Crippen molar-refractivity contribution in [1.82, 2.24) is 4.31 Å². The fraction of sp³-hybridized carbons (Fsp3) is 0.667. The number of nitrogens with zero attached hydrogens (tertiary/aromatic N) is 1. The van der Waals surface area contributed by atoms with E-state index in [2.05, 4.69) is 6.92 Å². The van der Waals surface area contributed by atoms with Crippen molar-refractivity contribution >= 4 is 33.0 Å². The van der Waals surface area contributed by atoms with Gasteiger partial charge in [-0.05, 0) is 31.7 Å². The van der Waals surface area contributed by atoms with Crippen molar-refractivity contribution in [3.05, 3.63) is 16.3 Å². The zero-order valence-electron chi connectivity index (χ0n) is 10.6. The maximum atomic E-state index is 12.6. The van der Waals surface area contributed by atoms with Crippen LogP contribution in [0.25, 0.3) is 0 Å². The Morgan fingerprint density at radius 3 is 2.83 bits per heavy atom. The molecule has 0 N–H and O–H groups in total. The molecule has 0 bridgehead atoms. The molecule has 3 nitrogen and oxygen atoms in total. The summed E-state index contributed by atoms with van der Waals surface area (Å²) < 4.78 is 26.8. The van der Waals surface area contributed by atoms with E-state index < -0.39 is 10.0 Å². The molecule has 1 fully saturated rings. The van der Waals surface area contributed by atoms with Crippen LogP contribution in [0.5, 0.6) is 0 Å². The molecule has 102 valence electrons. The number of piperidine rings is 1. The van der Waals surface area contributed by atoms with Crippen LogP contribution in [-0.4, -0.2) is 25.3 Å². The van der Waals surface area contributed by atoms with E-state index in [0.29, 0.717) is 23.2 Å². The number of rotatable bonds is 3. The zero-order chi connectivity index (χ0) is 13.3. The van der Waals surface area contributed by atoms with Crippen molar-refractivity contribution in [3.8, 4) is 0 Å². The van der Waals surface area contributed by atoms with Crippen molar-refractivity contribution in [3.63, 3.8) is 0 Å². The largest absolute Gasteiger partial charge is 0.244 e. The SMILES string of the molecule is CC1CCCN(S(=O)(=O)c2csc(CCl)c2)C1C. The predicted molar refractivity (Wildman–Crippen MR) is 75.6 cm³/mol. The summed E-state index contributed by atoms with van der Waals surface area (Å²) in [6.45, 7) is 4.74. The van der Waals surface area contributed by atoms with Gasteiger partial charge in [-0.3, -0.25) is 0 Å². The minimum Gasteiger partial charge on any atom is -0.207 e. The fourth-order valence-corrected chi connectivity index (χ4v) is 5.48. The van der Waals surface area contributed by atoms with Gasteiger partial charge in [-0.2, -0.15) is 4.31 Å². The smallest absolute Gasteiger partial charge is 0.207 e. The zero-order valence-corrected chi connectivity index (χ0v) is 13.0. The van der Waals surface area contributed by atoms with Crippen molar-refractivity contribution in [2.75, 3.05) is 6.54 Å². The third kappa shape index (κ3) is 2.59. The molecule has 0 saturated carbocycles. The second-order valence-corrected chi connectivity index (χ2v) is 8.01. The van der Waals surface area contributed by atoms with Crippen LogP contribution >= 0.6 is 22.9 Å². The second-order valence-electron chi connectivity index (χ2n) is 4.86. The summed E-state index contributed by atoms with van der Waals surface area (Å²) in [6.07, 6.45) is 2.04. The second kappa shape index (κ2) is 5.49. The van der Waals surface area contributed by atoms with Gasteiger partial charge in [-0.15, -0.1) is 22.9 Å². The third-order valence-electron chi connectivity index (χ3n) is 3.68. The number of sulfonamides is 1. The fourth-order valence-electron chi connectivity index (χ4n) is 2.34. The Bertz CT molecular complexity index is 512. The van der Waals surface area contributed by atoms with Crippen LogP contribution in [0.15, 0.2) is 16.3 Å². The van der Waals surface area contributed by atoms with E-state index in [4.69, 9.17) is 11.6 Å². The monoisotopic (exact) mass is 307 g/mol. The first-order valence-electron chi connectivity index (χ1n) is 6.12. The molecular weight excluding hydrogens is 290 g/mol. The van der Waals surface area contributed by atoms with Crippen LogP contribution in [0.4, 0.5) is 0 Å². The van der Waals surface area contributed by atoms with E-state index in [1.165, 1.54) is 11.3 Å². The molecule has 6 heteroatoms. The average Bonchev–Trinajstić information content (AvgIpc) is 2.81. The number of alkyl halides is 1. The van der Waals surface area contributed by atoms with Gasteiger partial charge in [-0.1, -0.05) is 6.92 Å². The molecule has 2 rings (SSSR count). The summed E-state index contributed by atoms with van der Waals surface area (Å²) in [5, 5.41) is 1.69. The Hall–Kier alpha value is -0.100. The quantitative estimate of drug-likeness (QED) is 0.804. The van der Waals surface area contributed by atoms with Crippen LogP contribution in [-0.2, 0) is 15.9 Å². The van der Waals surface area contributed by atoms with Crippen molar-refractivity contribution in [1.29, 1.82) is 0 Å². The first-order chi connectivity index (χ1) is 8.46. The maximum absolute atomic E-state index is 12.6. The van der Waals surface area contributed by atoms with Crippen molar-refractivity contribution < 1.29 is 8.42 Å². The molecule has 0 amide bonds. The Morgan fingerprint density at radius 1 is 1.50 bits per heavy atom. The van der Waals surface area contributed by atoms with E-state index in [0.717, 1.165) is 17.7 Å². The molecule has 1 aliphatic rings. The molecule has 1 aliphatic heterocycles. The highest BCUT2D eigenvalue weighted by molar-refractivity contribution is 7.89. The van der Waals surface area contributed by atoms with E-state index in [-0.39, 0.29) is 6.04 Å². The first-order valence-corrected chi connectivity index (χ1v) is 8.97. The Kier molecular flexibility index (Phi) is 4.36. The van der Waals surface area contributed by atoms with E-state index >= 15 is 0 Å². The Labute approximate surface area is 118 Å². The molecule has 1 aromatic heterocycles. The van der Waals surface area contributed by atoms with Gasteiger partial charge in [0.15, 0.2) is 0 Å². The number of halogens is 1. The minimum absolute atomic E-state index is 0.0723. The molecule has 2 unspecified atom stereocenters.